The number of carbonyl (C=O) groups excluding carboxylic acids is 1. The van der Waals surface area contributed by atoms with Gasteiger partial charge in [0.25, 0.3) is 0 Å². The fourth-order valence-electron chi connectivity index (χ4n) is 2.59. The molecule has 2 heterocycles. The zero-order valence-corrected chi connectivity index (χ0v) is 14.5. The highest BCUT2D eigenvalue weighted by Crippen LogP contribution is 2.29. The molecule has 0 spiro atoms. The van der Waals surface area contributed by atoms with Gasteiger partial charge in [0.15, 0.2) is 5.16 Å². The lowest BCUT2D eigenvalue weighted by atomic mass is 10.1. The SMILES string of the molecule is Cl.Cn1c(CN)nnc1SCC1CC(=O)N(c2ccccc2)C1. The predicted molar refractivity (Wildman–Crippen MR) is 93.8 cm³/mol. The highest BCUT2D eigenvalue weighted by atomic mass is 35.5. The van der Waals surface area contributed by atoms with Crippen LogP contribution in [0.25, 0.3) is 0 Å². The summed E-state index contributed by atoms with van der Waals surface area (Å²) in [7, 11) is 1.92. The van der Waals surface area contributed by atoms with E-state index in [4.69, 9.17) is 5.73 Å². The predicted octanol–water partition coefficient (Wildman–Crippen LogP) is 1.84. The number of thioether (sulfide) groups is 1. The summed E-state index contributed by atoms with van der Waals surface area (Å²) in [6.07, 6.45) is 0.587. The van der Waals surface area contributed by atoms with Crippen LogP contribution in [0.5, 0.6) is 0 Å². The molecule has 1 atom stereocenters. The lowest BCUT2D eigenvalue weighted by Gasteiger charge is -2.16. The van der Waals surface area contributed by atoms with Crippen molar-refractivity contribution in [2.75, 3.05) is 17.2 Å². The summed E-state index contributed by atoms with van der Waals surface area (Å²) in [4.78, 5) is 14.0. The molecule has 2 N–H and O–H groups in total. The van der Waals surface area contributed by atoms with Gasteiger partial charge in [-0.15, -0.1) is 22.6 Å². The number of nitrogens with zero attached hydrogens (tertiary/aromatic N) is 4. The van der Waals surface area contributed by atoms with E-state index < -0.39 is 0 Å². The average molecular weight is 354 g/mol. The van der Waals surface area contributed by atoms with E-state index >= 15 is 0 Å². The highest BCUT2D eigenvalue weighted by molar-refractivity contribution is 7.99. The van der Waals surface area contributed by atoms with Crippen LogP contribution in [0, 0.1) is 5.92 Å². The summed E-state index contributed by atoms with van der Waals surface area (Å²) in [6, 6.07) is 9.82. The number of anilines is 1. The zero-order chi connectivity index (χ0) is 15.5. The molecule has 1 amide bonds. The fraction of sp³-hybridized carbons (Fsp3) is 0.400. The van der Waals surface area contributed by atoms with Gasteiger partial charge in [-0.2, -0.15) is 0 Å². The Morgan fingerprint density at radius 1 is 1.30 bits per heavy atom. The van der Waals surface area contributed by atoms with Crippen molar-refractivity contribution in [3.8, 4) is 0 Å². The maximum absolute atomic E-state index is 12.2. The van der Waals surface area contributed by atoms with E-state index in [1.165, 1.54) is 0 Å². The largest absolute Gasteiger partial charge is 0.324 e. The van der Waals surface area contributed by atoms with E-state index in [0.717, 1.165) is 29.0 Å². The molecule has 6 nitrogen and oxygen atoms in total. The lowest BCUT2D eigenvalue weighted by Crippen LogP contribution is -2.24. The third-order valence-corrected chi connectivity index (χ3v) is 5.08. The molecular formula is C15H20ClN5OS. The normalized spacial score (nSPS) is 17.4. The van der Waals surface area contributed by atoms with Gasteiger partial charge in [0, 0.05) is 31.5 Å². The van der Waals surface area contributed by atoms with Gasteiger partial charge in [-0.05, 0) is 18.1 Å². The second-order valence-corrected chi connectivity index (χ2v) is 6.37. The minimum Gasteiger partial charge on any atom is -0.324 e. The Bertz CT molecular complexity index is 663. The Kier molecular flexibility index (Phi) is 6.04. The van der Waals surface area contributed by atoms with Gasteiger partial charge < -0.3 is 15.2 Å². The van der Waals surface area contributed by atoms with E-state index in [-0.39, 0.29) is 18.3 Å². The smallest absolute Gasteiger partial charge is 0.227 e. The number of aromatic nitrogens is 3. The van der Waals surface area contributed by atoms with Gasteiger partial charge in [0.1, 0.15) is 5.82 Å². The maximum atomic E-state index is 12.2. The van der Waals surface area contributed by atoms with E-state index in [0.29, 0.717) is 18.9 Å². The summed E-state index contributed by atoms with van der Waals surface area (Å²) in [6.45, 7) is 1.14. The summed E-state index contributed by atoms with van der Waals surface area (Å²) in [5.41, 5.74) is 6.58. The van der Waals surface area contributed by atoms with E-state index in [9.17, 15) is 4.79 Å². The molecule has 3 rings (SSSR count). The van der Waals surface area contributed by atoms with Crippen LogP contribution >= 0.6 is 24.2 Å². The Morgan fingerprint density at radius 2 is 2.04 bits per heavy atom. The maximum Gasteiger partial charge on any atom is 0.227 e. The third-order valence-electron chi connectivity index (χ3n) is 3.83. The number of rotatable bonds is 5. The first-order chi connectivity index (χ1) is 10.7. The highest BCUT2D eigenvalue weighted by Gasteiger charge is 2.30. The molecule has 1 saturated heterocycles. The van der Waals surface area contributed by atoms with Crippen LogP contribution in [0.1, 0.15) is 12.2 Å². The number of nitrogens with two attached hydrogens (primary N) is 1. The van der Waals surface area contributed by atoms with E-state index in [1.54, 1.807) is 11.8 Å². The van der Waals surface area contributed by atoms with Crippen molar-refractivity contribution in [2.45, 2.75) is 18.1 Å². The number of amides is 1. The van der Waals surface area contributed by atoms with Gasteiger partial charge >= 0.3 is 0 Å². The first kappa shape index (κ1) is 17.8. The quantitative estimate of drug-likeness (QED) is 0.830. The summed E-state index contributed by atoms with van der Waals surface area (Å²) >= 11 is 1.63. The molecule has 0 radical (unpaired) electrons. The van der Waals surface area contributed by atoms with Crippen LogP contribution in [0.3, 0.4) is 0 Å². The molecular weight excluding hydrogens is 334 g/mol. The lowest BCUT2D eigenvalue weighted by molar-refractivity contribution is -0.117. The molecule has 23 heavy (non-hydrogen) atoms. The molecule has 1 fully saturated rings. The molecule has 124 valence electrons. The first-order valence-corrected chi connectivity index (χ1v) is 8.24. The number of halogens is 1. The Labute approximate surface area is 145 Å². The molecule has 1 aliphatic rings. The van der Waals surface area contributed by atoms with Crippen molar-refractivity contribution in [1.82, 2.24) is 14.8 Å². The molecule has 0 aliphatic carbocycles. The van der Waals surface area contributed by atoms with Crippen LogP contribution < -0.4 is 10.6 Å². The molecule has 1 aromatic carbocycles. The number of para-hydroxylation sites is 1. The standard InChI is InChI=1S/C15H19N5OS.ClH/c1-19-13(8-16)17-18-15(19)22-10-11-7-14(21)20(9-11)12-5-3-2-4-6-12;/h2-6,11H,7-10,16H2,1H3;1H. The topological polar surface area (TPSA) is 77.0 Å². The van der Waals surface area contributed by atoms with Gasteiger partial charge in [-0.1, -0.05) is 30.0 Å². The van der Waals surface area contributed by atoms with Crippen molar-refractivity contribution < 1.29 is 4.79 Å². The number of hydrogen-bond acceptors (Lipinski definition) is 5. The van der Waals surface area contributed by atoms with Gasteiger partial charge in [0.05, 0.1) is 6.54 Å². The Hall–Kier alpha value is -1.57. The van der Waals surface area contributed by atoms with Crippen LogP contribution in [0.15, 0.2) is 35.5 Å². The van der Waals surface area contributed by atoms with Gasteiger partial charge in [0.2, 0.25) is 5.91 Å². The van der Waals surface area contributed by atoms with E-state index in [1.807, 2.05) is 46.8 Å². The van der Waals surface area contributed by atoms with Crippen molar-refractivity contribution in [1.29, 1.82) is 0 Å². The molecule has 1 aromatic heterocycles. The molecule has 0 bridgehead atoms. The Morgan fingerprint density at radius 3 is 2.70 bits per heavy atom. The molecule has 8 heteroatoms. The summed E-state index contributed by atoms with van der Waals surface area (Å²) < 4.78 is 1.91. The zero-order valence-electron chi connectivity index (χ0n) is 12.9. The van der Waals surface area contributed by atoms with Gasteiger partial charge in [-0.25, -0.2) is 0 Å². The summed E-state index contributed by atoms with van der Waals surface area (Å²) in [5, 5.41) is 9.04. The van der Waals surface area contributed by atoms with Crippen molar-refractivity contribution in [3.63, 3.8) is 0 Å². The molecule has 1 unspecified atom stereocenters. The minimum atomic E-state index is 0. The number of hydrogen-bond donors (Lipinski definition) is 1. The van der Waals surface area contributed by atoms with Crippen LogP contribution in [-0.2, 0) is 18.4 Å². The second-order valence-electron chi connectivity index (χ2n) is 5.38. The van der Waals surface area contributed by atoms with Crippen molar-refractivity contribution in [3.05, 3.63) is 36.2 Å². The minimum absolute atomic E-state index is 0. The monoisotopic (exact) mass is 353 g/mol. The van der Waals surface area contributed by atoms with Crippen molar-refractivity contribution in [2.24, 2.45) is 18.7 Å². The average Bonchev–Trinajstić information content (AvgIpc) is 3.09. The fourth-order valence-corrected chi connectivity index (χ4v) is 3.60. The third kappa shape index (κ3) is 3.85. The number of benzene rings is 1. The van der Waals surface area contributed by atoms with E-state index in [2.05, 4.69) is 10.2 Å². The van der Waals surface area contributed by atoms with Gasteiger partial charge in [-0.3, -0.25) is 4.79 Å². The first-order valence-electron chi connectivity index (χ1n) is 7.25. The van der Waals surface area contributed by atoms with Crippen LogP contribution in [0.4, 0.5) is 5.69 Å². The number of carbonyl (C=O) groups is 1. The summed E-state index contributed by atoms with van der Waals surface area (Å²) in [5.74, 6) is 2.15. The second kappa shape index (κ2) is 7.81. The van der Waals surface area contributed by atoms with Crippen LogP contribution in [0.2, 0.25) is 0 Å². The molecule has 0 saturated carbocycles. The van der Waals surface area contributed by atoms with Crippen LogP contribution in [-0.4, -0.2) is 33.0 Å². The Balaban J connectivity index is 0.00000192. The molecule has 1 aliphatic heterocycles. The van der Waals surface area contributed by atoms with Crippen molar-refractivity contribution >= 4 is 35.8 Å². The molecule has 2 aromatic rings.